The molecule has 0 saturated carbocycles. The minimum atomic E-state index is 0.741. The van der Waals surface area contributed by atoms with E-state index in [1.165, 1.54) is 11.1 Å². The van der Waals surface area contributed by atoms with E-state index < -0.39 is 0 Å². The van der Waals surface area contributed by atoms with Crippen molar-refractivity contribution < 1.29 is 0 Å². The first kappa shape index (κ1) is 18.3. The standard InChI is InChI=1S/C18H26ClN5/c1-5-21-18(22-9-7-15-6-8-20-11-14(15)2)24(4)13-17-10-16(19)12-23(17)3/h6,8,10-12H,5,7,9,13H2,1-4H3,(H,21,22). The molecule has 6 heteroatoms. The molecule has 2 heterocycles. The van der Waals surface area contributed by atoms with E-state index in [2.05, 4.69) is 35.1 Å². The Balaban J connectivity index is 2.01. The number of hydrogen-bond donors (Lipinski definition) is 1. The summed E-state index contributed by atoms with van der Waals surface area (Å²) in [5.41, 5.74) is 3.66. The smallest absolute Gasteiger partial charge is 0.194 e. The van der Waals surface area contributed by atoms with Crippen LogP contribution in [0.5, 0.6) is 0 Å². The van der Waals surface area contributed by atoms with Crippen LogP contribution in [0.15, 0.2) is 35.7 Å². The summed E-state index contributed by atoms with van der Waals surface area (Å²) in [4.78, 5) is 11.0. The molecule has 0 atom stereocenters. The summed E-state index contributed by atoms with van der Waals surface area (Å²) in [6, 6.07) is 4.05. The van der Waals surface area contributed by atoms with Gasteiger partial charge in [0.05, 0.1) is 11.6 Å². The Morgan fingerprint density at radius 1 is 1.46 bits per heavy atom. The van der Waals surface area contributed by atoms with Gasteiger partial charge in [-0.05, 0) is 43.5 Å². The van der Waals surface area contributed by atoms with E-state index in [9.17, 15) is 0 Å². The molecule has 0 aliphatic rings. The van der Waals surface area contributed by atoms with Gasteiger partial charge < -0.3 is 14.8 Å². The zero-order valence-electron chi connectivity index (χ0n) is 14.9. The summed E-state index contributed by atoms with van der Waals surface area (Å²) in [6.45, 7) is 6.50. The molecule has 2 aromatic rings. The zero-order chi connectivity index (χ0) is 17.5. The number of guanidine groups is 1. The lowest BCUT2D eigenvalue weighted by atomic mass is 10.1. The van der Waals surface area contributed by atoms with E-state index >= 15 is 0 Å². The Kier molecular flexibility index (Phi) is 6.67. The quantitative estimate of drug-likeness (QED) is 0.645. The van der Waals surface area contributed by atoms with Gasteiger partial charge in [-0.15, -0.1) is 0 Å². The lowest BCUT2D eigenvalue weighted by molar-refractivity contribution is 0.462. The molecule has 0 fully saturated rings. The van der Waals surface area contributed by atoms with Crippen molar-refractivity contribution in [3.63, 3.8) is 0 Å². The molecular formula is C18H26ClN5. The van der Waals surface area contributed by atoms with E-state index in [1.807, 2.05) is 43.3 Å². The van der Waals surface area contributed by atoms with Gasteiger partial charge in [0.25, 0.3) is 0 Å². The third kappa shape index (κ3) is 4.99. The van der Waals surface area contributed by atoms with Crippen molar-refractivity contribution in [3.8, 4) is 0 Å². The number of nitrogens with one attached hydrogen (secondary N) is 1. The zero-order valence-corrected chi connectivity index (χ0v) is 15.6. The van der Waals surface area contributed by atoms with Crippen molar-refractivity contribution in [1.29, 1.82) is 0 Å². The van der Waals surface area contributed by atoms with Crippen molar-refractivity contribution in [2.45, 2.75) is 26.8 Å². The van der Waals surface area contributed by atoms with Gasteiger partial charge in [-0.25, -0.2) is 0 Å². The van der Waals surface area contributed by atoms with Crippen molar-refractivity contribution in [1.82, 2.24) is 19.8 Å². The van der Waals surface area contributed by atoms with Gasteiger partial charge in [-0.3, -0.25) is 9.98 Å². The normalized spacial score (nSPS) is 11.6. The van der Waals surface area contributed by atoms with Crippen molar-refractivity contribution in [2.75, 3.05) is 20.1 Å². The molecule has 0 unspecified atom stereocenters. The van der Waals surface area contributed by atoms with Crippen LogP contribution < -0.4 is 5.32 Å². The second-order valence-electron chi connectivity index (χ2n) is 5.90. The lowest BCUT2D eigenvalue weighted by Crippen LogP contribution is -2.39. The second-order valence-corrected chi connectivity index (χ2v) is 6.34. The summed E-state index contributed by atoms with van der Waals surface area (Å²) in [5, 5.41) is 4.11. The van der Waals surface area contributed by atoms with Crippen molar-refractivity contribution in [2.24, 2.45) is 12.0 Å². The SMILES string of the molecule is CCNC(=NCCc1ccncc1C)N(C)Cc1cc(Cl)cn1C. The van der Waals surface area contributed by atoms with Gasteiger partial charge in [-0.2, -0.15) is 0 Å². The second kappa shape index (κ2) is 8.73. The Hall–Kier alpha value is -2.01. The predicted octanol–water partition coefficient (Wildman–Crippen LogP) is 3.02. The van der Waals surface area contributed by atoms with E-state index in [1.54, 1.807) is 0 Å². The maximum Gasteiger partial charge on any atom is 0.194 e. The molecule has 2 aromatic heterocycles. The van der Waals surface area contributed by atoms with Crippen LogP contribution in [0.3, 0.4) is 0 Å². The number of pyridine rings is 1. The van der Waals surface area contributed by atoms with Crippen LogP contribution in [-0.4, -0.2) is 40.5 Å². The average Bonchev–Trinajstić information content (AvgIpc) is 2.85. The molecule has 0 aromatic carbocycles. The predicted molar refractivity (Wildman–Crippen MR) is 101 cm³/mol. The van der Waals surface area contributed by atoms with Crippen LogP contribution >= 0.6 is 11.6 Å². The molecule has 2 rings (SSSR count). The summed E-state index contributed by atoms with van der Waals surface area (Å²) < 4.78 is 2.04. The highest BCUT2D eigenvalue weighted by Gasteiger charge is 2.09. The summed E-state index contributed by atoms with van der Waals surface area (Å²) in [5.74, 6) is 0.904. The number of hydrogen-bond acceptors (Lipinski definition) is 2. The first-order valence-corrected chi connectivity index (χ1v) is 8.58. The molecular weight excluding hydrogens is 322 g/mol. The molecule has 24 heavy (non-hydrogen) atoms. The molecule has 1 N–H and O–H groups in total. The molecule has 0 aliphatic heterocycles. The van der Waals surface area contributed by atoms with E-state index in [0.29, 0.717) is 0 Å². The van der Waals surface area contributed by atoms with Crippen LogP contribution in [0, 0.1) is 6.92 Å². The third-order valence-electron chi connectivity index (χ3n) is 3.95. The van der Waals surface area contributed by atoms with Gasteiger partial charge in [-0.1, -0.05) is 11.6 Å². The van der Waals surface area contributed by atoms with Gasteiger partial charge in [0, 0.05) is 51.5 Å². The first-order chi connectivity index (χ1) is 11.5. The Morgan fingerprint density at radius 2 is 2.25 bits per heavy atom. The first-order valence-electron chi connectivity index (χ1n) is 8.21. The summed E-state index contributed by atoms with van der Waals surface area (Å²) in [6.07, 6.45) is 6.56. The molecule has 0 aliphatic carbocycles. The highest BCUT2D eigenvalue weighted by atomic mass is 35.5. The minimum absolute atomic E-state index is 0.741. The molecule has 130 valence electrons. The number of aryl methyl sites for hydroxylation is 2. The highest BCUT2D eigenvalue weighted by molar-refractivity contribution is 6.30. The Bertz CT molecular complexity index is 692. The van der Waals surface area contributed by atoms with Crippen LogP contribution in [0.2, 0.25) is 5.02 Å². The fourth-order valence-corrected chi connectivity index (χ4v) is 2.85. The summed E-state index contributed by atoms with van der Waals surface area (Å²) >= 11 is 6.07. The molecule has 0 amide bonds. The monoisotopic (exact) mass is 347 g/mol. The Labute approximate surface area is 149 Å². The maximum atomic E-state index is 6.07. The Morgan fingerprint density at radius 3 is 2.88 bits per heavy atom. The average molecular weight is 348 g/mol. The van der Waals surface area contributed by atoms with Crippen molar-refractivity contribution in [3.05, 3.63) is 52.6 Å². The van der Waals surface area contributed by atoms with Gasteiger partial charge >= 0.3 is 0 Å². The number of aliphatic imine (C=N–C) groups is 1. The van der Waals surface area contributed by atoms with Crippen LogP contribution in [-0.2, 0) is 20.0 Å². The molecule has 0 saturated heterocycles. The number of aromatic nitrogens is 2. The third-order valence-corrected chi connectivity index (χ3v) is 4.16. The van der Waals surface area contributed by atoms with E-state index in [-0.39, 0.29) is 0 Å². The number of nitrogens with zero attached hydrogens (tertiary/aromatic N) is 4. The highest BCUT2D eigenvalue weighted by Crippen LogP contribution is 2.14. The fourth-order valence-electron chi connectivity index (χ4n) is 2.58. The topological polar surface area (TPSA) is 45.5 Å². The van der Waals surface area contributed by atoms with Crippen molar-refractivity contribution >= 4 is 17.6 Å². The number of rotatable bonds is 6. The van der Waals surface area contributed by atoms with E-state index in [0.717, 1.165) is 42.7 Å². The lowest BCUT2D eigenvalue weighted by Gasteiger charge is -2.22. The van der Waals surface area contributed by atoms with Crippen LogP contribution in [0.25, 0.3) is 0 Å². The van der Waals surface area contributed by atoms with Gasteiger partial charge in [0.15, 0.2) is 5.96 Å². The summed E-state index contributed by atoms with van der Waals surface area (Å²) in [7, 11) is 4.05. The largest absolute Gasteiger partial charge is 0.357 e. The fraction of sp³-hybridized carbons (Fsp3) is 0.444. The maximum absolute atomic E-state index is 6.07. The number of halogens is 1. The van der Waals surface area contributed by atoms with Crippen LogP contribution in [0.1, 0.15) is 23.7 Å². The minimum Gasteiger partial charge on any atom is -0.357 e. The molecule has 0 radical (unpaired) electrons. The molecule has 5 nitrogen and oxygen atoms in total. The van der Waals surface area contributed by atoms with E-state index in [4.69, 9.17) is 16.6 Å². The molecule has 0 spiro atoms. The van der Waals surface area contributed by atoms with Gasteiger partial charge in [0.2, 0.25) is 0 Å². The molecule has 0 bridgehead atoms. The van der Waals surface area contributed by atoms with Crippen LogP contribution in [0.4, 0.5) is 0 Å². The van der Waals surface area contributed by atoms with Gasteiger partial charge in [0.1, 0.15) is 0 Å².